The first-order valence-corrected chi connectivity index (χ1v) is 5.80. The minimum Gasteiger partial charge on any atom is -0.505 e. The number of carbonyl (C=O) groups is 1. The zero-order valence-corrected chi connectivity index (χ0v) is 9.84. The first kappa shape index (κ1) is 11.6. The Kier molecular flexibility index (Phi) is 3.10. The fourth-order valence-corrected chi connectivity index (χ4v) is 2.20. The van der Waals surface area contributed by atoms with Crippen molar-refractivity contribution in [3.8, 4) is 5.75 Å². The number of benzene rings is 1. The van der Waals surface area contributed by atoms with Crippen LogP contribution in [0.2, 0.25) is 0 Å². The van der Waals surface area contributed by atoms with E-state index in [4.69, 9.17) is 5.11 Å². The Morgan fingerprint density at radius 1 is 1.41 bits per heavy atom. The predicted molar refractivity (Wildman–Crippen MR) is 65.1 cm³/mol. The van der Waals surface area contributed by atoms with Crippen LogP contribution in [0.5, 0.6) is 5.75 Å². The molecule has 88 valence electrons. The number of carbonyl (C=O) groups excluding carboxylic acids is 1. The largest absolute Gasteiger partial charge is 0.505 e. The third-order valence-electron chi connectivity index (χ3n) is 2.27. The van der Waals surface area contributed by atoms with Gasteiger partial charge in [-0.3, -0.25) is 4.79 Å². The summed E-state index contributed by atoms with van der Waals surface area (Å²) in [5, 5.41) is 13.4. The second-order valence-electron chi connectivity index (χ2n) is 3.55. The number of phenols is 1. The van der Waals surface area contributed by atoms with Gasteiger partial charge in [0.2, 0.25) is 0 Å². The second-order valence-corrected chi connectivity index (χ2v) is 4.47. The number of hydrogen-bond donors (Lipinski definition) is 2. The van der Waals surface area contributed by atoms with Crippen molar-refractivity contribution in [2.75, 3.05) is 5.32 Å². The van der Waals surface area contributed by atoms with Crippen molar-refractivity contribution >= 4 is 22.9 Å². The summed E-state index contributed by atoms with van der Waals surface area (Å²) in [6.45, 7) is 1.84. The van der Waals surface area contributed by atoms with Gasteiger partial charge >= 0.3 is 0 Å². The van der Waals surface area contributed by atoms with Gasteiger partial charge in [-0.2, -0.15) is 0 Å². The molecule has 0 radical (unpaired) electrons. The Hall–Kier alpha value is -1.88. The highest BCUT2D eigenvalue weighted by atomic mass is 32.1. The molecule has 2 rings (SSSR count). The molecule has 0 aliphatic carbocycles. The first-order valence-electron chi connectivity index (χ1n) is 4.92. The van der Waals surface area contributed by atoms with Gasteiger partial charge in [-0.15, -0.1) is 11.3 Å². The lowest BCUT2D eigenvalue weighted by Gasteiger charge is -2.05. The maximum absolute atomic E-state index is 13.1. The number of amides is 1. The highest BCUT2D eigenvalue weighted by molar-refractivity contribution is 7.12. The number of nitrogens with one attached hydrogen (secondary N) is 1. The van der Waals surface area contributed by atoms with E-state index in [9.17, 15) is 9.18 Å². The molecule has 0 spiro atoms. The number of rotatable bonds is 2. The Morgan fingerprint density at radius 3 is 2.76 bits per heavy atom. The van der Waals surface area contributed by atoms with Gasteiger partial charge in [0.25, 0.3) is 5.91 Å². The first-order chi connectivity index (χ1) is 8.08. The zero-order chi connectivity index (χ0) is 12.4. The van der Waals surface area contributed by atoms with Crippen LogP contribution in [0.1, 0.15) is 15.2 Å². The lowest BCUT2D eigenvalue weighted by Crippen LogP contribution is -2.11. The summed E-state index contributed by atoms with van der Waals surface area (Å²) in [6, 6.07) is 5.57. The molecule has 0 aliphatic heterocycles. The van der Waals surface area contributed by atoms with Crippen LogP contribution in [0.25, 0.3) is 0 Å². The number of aryl methyl sites for hydroxylation is 1. The van der Waals surface area contributed by atoms with Crippen LogP contribution in [0, 0.1) is 12.7 Å². The van der Waals surface area contributed by atoms with Crippen molar-refractivity contribution in [3.63, 3.8) is 0 Å². The maximum atomic E-state index is 13.1. The van der Waals surface area contributed by atoms with Crippen LogP contribution in [0.15, 0.2) is 29.6 Å². The van der Waals surface area contributed by atoms with E-state index in [1.54, 1.807) is 0 Å². The summed E-state index contributed by atoms with van der Waals surface area (Å²) in [5.74, 6) is -1.47. The van der Waals surface area contributed by atoms with Crippen LogP contribution in [-0.2, 0) is 0 Å². The lowest BCUT2D eigenvalue weighted by molar-refractivity contribution is 0.103. The quantitative estimate of drug-likeness (QED) is 0.805. The van der Waals surface area contributed by atoms with E-state index >= 15 is 0 Å². The summed E-state index contributed by atoms with van der Waals surface area (Å²) in [6.07, 6.45) is 0. The molecule has 2 N–H and O–H groups in total. The lowest BCUT2D eigenvalue weighted by atomic mass is 10.2. The average molecular weight is 251 g/mol. The third kappa shape index (κ3) is 2.45. The molecule has 1 heterocycles. The second kappa shape index (κ2) is 4.55. The molecule has 0 unspecified atom stereocenters. The van der Waals surface area contributed by atoms with Gasteiger partial charge in [0.1, 0.15) is 0 Å². The highest BCUT2D eigenvalue weighted by Gasteiger charge is 2.11. The molecule has 0 atom stereocenters. The smallest absolute Gasteiger partial charge is 0.265 e. The van der Waals surface area contributed by atoms with Gasteiger partial charge in [-0.25, -0.2) is 4.39 Å². The van der Waals surface area contributed by atoms with Gasteiger partial charge in [0.05, 0.1) is 4.88 Å². The predicted octanol–water partition coefficient (Wildman–Crippen LogP) is 3.15. The van der Waals surface area contributed by atoms with E-state index < -0.39 is 11.6 Å². The van der Waals surface area contributed by atoms with Gasteiger partial charge in [-0.05, 0) is 36.1 Å². The third-order valence-corrected chi connectivity index (χ3v) is 3.29. The van der Waals surface area contributed by atoms with Crippen LogP contribution in [0.3, 0.4) is 0 Å². The standard InChI is InChI=1S/C12H10FNO2S/c1-7-4-5-17-11(7)12(16)14-8-2-3-10(15)9(13)6-8/h2-6,15H,1H3,(H,14,16). The molecule has 0 fully saturated rings. The number of phenolic OH excluding ortho intramolecular Hbond substituents is 1. The van der Waals surface area contributed by atoms with Crippen molar-refractivity contribution < 1.29 is 14.3 Å². The average Bonchev–Trinajstić information content (AvgIpc) is 2.70. The molecule has 0 bridgehead atoms. The Bertz CT molecular complexity index is 565. The van der Waals surface area contributed by atoms with Gasteiger partial charge in [-0.1, -0.05) is 0 Å². The summed E-state index contributed by atoms with van der Waals surface area (Å²) < 4.78 is 13.1. The van der Waals surface area contributed by atoms with Crippen LogP contribution >= 0.6 is 11.3 Å². The van der Waals surface area contributed by atoms with Crippen LogP contribution in [0.4, 0.5) is 10.1 Å². The molecule has 1 aromatic carbocycles. The fraction of sp³-hybridized carbons (Fsp3) is 0.0833. The van der Waals surface area contributed by atoms with E-state index in [0.29, 0.717) is 10.6 Å². The summed E-state index contributed by atoms with van der Waals surface area (Å²) in [5.41, 5.74) is 1.20. The SMILES string of the molecule is Cc1ccsc1C(=O)Nc1ccc(O)c(F)c1. The van der Waals surface area contributed by atoms with Gasteiger partial charge in [0, 0.05) is 11.8 Å². The van der Waals surface area contributed by atoms with Crippen molar-refractivity contribution in [1.29, 1.82) is 0 Å². The number of thiophene rings is 1. The van der Waals surface area contributed by atoms with Crippen molar-refractivity contribution in [2.45, 2.75) is 6.92 Å². The topological polar surface area (TPSA) is 49.3 Å². The van der Waals surface area contributed by atoms with Crippen LogP contribution in [-0.4, -0.2) is 11.0 Å². The summed E-state index contributed by atoms with van der Waals surface area (Å²) in [7, 11) is 0. The molecular weight excluding hydrogens is 241 g/mol. The molecule has 2 aromatic rings. The Labute approximate surface area is 102 Å². The van der Waals surface area contributed by atoms with E-state index in [-0.39, 0.29) is 5.91 Å². The molecule has 5 heteroatoms. The van der Waals surface area contributed by atoms with E-state index in [2.05, 4.69) is 5.32 Å². The number of anilines is 1. The van der Waals surface area contributed by atoms with Crippen molar-refractivity contribution in [1.82, 2.24) is 0 Å². The maximum Gasteiger partial charge on any atom is 0.265 e. The monoisotopic (exact) mass is 251 g/mol. The molecule has 17 heavy (non-hydrogen) atoms. The molecule has 3 nitrogen and oxygen atoms in total. The zero-order valence-electron chi connectivity index (χ0n) is 9.03. The van der Waals surface area contributed by atoms with E-state index in [1.807, 2.05) is 18.4 Å². The molecule has 1 amide bonds. The number of hydrogen-bond acceptors (Lipinski definition) is 3. The molecule has 0 saturated carbocycles. The molecule has 0 saturated heterocycles. The number of halogens is 1. The molecule has 1 aromatic heterocycles. The van der Waals surface area contributed by atoms with Crippen LogP contribution < -0.4 is 5.32 Å². The van der Waals surface area contributed by atoms with Gasteiger partial charge < -0.3 is 10.4 Å². The van der Waals surface area contributed by atoms with Crippen molar-refractivity contribution in [3.05, 3.63) is 45.9 Å². The normalized spacial score (nSPS) is 10.2. The molecule has 0 aliphatic rings. The highest BCUT2D eigenvalue weighted by Crippen LogP contribution is 2.21. The van der Waals surface area contributed by atoms with Crippen molar-refractivity contribution in [2.24, 2.45) is 0 Å². The molecular formula is C12H10FNO2S. The van der Waals surface area contributed by atoms with E-state index in [0.717, 1.165) is 11.6 Å². The Morgan fingerprint density at radius 2 is 2.18 bits per heavy atom. The fourth-order valence-electron chi connectivity index (χ4n) is 1.38. The Balaban J connectivity index is 2.19. The number of aromatic hydroxyl groups is 1. The minimum absolute atomic E-state index is 0.275. The minimum atomic E-state index is -0.759. The van der Waals surface area contributed by atoms with E-state index in [1.165, 1.54) is 23.5 Å². The summed E-state index contributed by atoms with van der Waals surface area (Å²) >= 11 is 1.33. The van der Waals surface area contributed by atoms with Gasteiger partial charge in [0.15, 0.2) is 11.6 Å². The summed E-state index contributed by atoms with van der Waals surface area (Å²) in [4.78, 5) is 12.4.